The number of fused-ring (bicyclic) bond motifs is 1. The fourth-order valence-electron chi connectivity index (χ4n) is 3.99. The molecule has 4 rings (SSSR count). The van der Waals surface area contributed by atoms with E-state index < -0.39 is 64.1 Å². The van der Waals surface area contributed by atoms with E-state index >= 15 is 0 Å². The van der Waals surface area contributed by atoms with Crippen molar-refractivity contribution in [2.75, 3.05) is 0 Å². The largest absolute Gasteiger partial charge is 0.507 e. The Bertz CT molecular complexity index is 1450. The molecule has 0 fully saturated rings. The number of aromatic hydroxyl groups is 1. The highest BCUT2D eigenvalue weighted by Crippen LogP contribution is 2.37. The van der Waals surface area contributed by atoms with Crippen molar-refractivity contribution in [3.63, 3.8) is 0 Å². The summed E-state index contributed by atoms with van der Waals surface area (Å²) in [4.78, 5) is 25.6. The highest BCUT2D eigenvalue weighted by atomic mass is 19.2. The highest BCUT2D eigenvalue weighted by Gasteiger charge is 2.28. The van der Waals surface area contributed by atoms with Crippen LogP contribution < -0.4 is 5.63 Å². The van der Waals surface area contributed by atoms with Crippen LogP contribution in [0.1, 0.15) is 35.4 Å². The monoisotopic (exact) mass is 488 g/mol. The summed E-state index contributed by atoms with van der Waals surface area (Å²) in [6.07, 6.45) is -0.811. The molecule has 0 bridgehead atoms. The maximum absolute atomic E-state index is 14.0. The molecule has 1 atom stereocenters. The van der Waals surface area contributed by atoms with Crippen LogP contribution in [-0.4, -0.2) is 10.9 Å². The van der Waals surface area contributed by atoms with E-state index in [0.29, 0.717) is 18.2 Å². The van der Waals surface area contributed by atoms with Gasteiger partial charge in [-0.15, -0.1) is 0 Å². The summed E-state index contributed by atoms with van der Waals surface area (Å²) in [6.45, 7) is 0. The average molecular weight is 488 g/mol. The molecule has 1 unspecified atom stereocenters. The van der Waals surface area contributed by atoms with Crippen molar-refractivity contribution in [3.05, 3.63) is 111 Å². The Hall–Kier alpha value is -4.01. The summed E-state index contributed by atoms with van der Waals surface area (Å²) >= 11 is 0. The lowest BCUT2D eigenvalue weighted by Gasteiger charge is -2.19. The lowest BCUT2D eigenvalue weighted by atomic mass is 9.85. The molecule has 1 aromatic heterocycles. The zero-order chi connectivity index (χ0) is 25.3. The Labute approximate surface area is 195 Å². The van der Waals surface area contributed by atoms with E-state index in [-0.39, 0.29) is 34.9 Å². The maximum atomic E-state index is 14.0. The molecule has 35 heavy (non-hydrogen) atoms. The first-order chi connectivity index (χ1) is 16.6. The predicted molar refractivity (Wildman–Crippen MR) is 117 cm³/mol. The number of ketones is 1. The first-order valence-corrected chi connectivity index (χ1v) is 10.5. The molecular formula is C26H17F5O4. The maximum Gasteiger partial charge on any atom is 0.343 e. The van der Waals surface area contributed by atoms with Crippen LogP contribution in [0.2, 0.25) is 0 Å². The van der Waals surface area contributed by atoms with Crippen LogP contribution in [0, 0.1) is 29.1 Å². The third kappa shape index (κ3) is 5.08. The number of carbonyl (C=O) groups is 1. The molecule has 0 aliphatic heterocycles. The van der Waals surface area contributed by atoms with Crippen molar-refractivity contribution >= 4 is 16.8 Å². The van der Waals surface area contributed by atoms with E-state index in [9.17, 15) is 36.6 Å². The number of para-hydroxylation sites is 1. The summed E-state index contributed by atoms with van der Waals surface area (Å²) in [7, 11) is 0. The van der Waals surface area contributed by atoms with Crippen LogP contribution in [0.4, 0.5) is 22.0 Å². The topological polar surface area (TPSA) is 67.5 Å². The Kier molecular flexibility index (Phi) is 6.68. The zero-order valence-corrected chi connectivity index (χ0v) is 18.0. The molecule has 0 aliphatic carbocycles. The molecule has 0 saturated heterocycles. The van der Waals surface area contributed by atoms with Crippen LogP contribution in [0.5, 0.6) is 5.75 Å². The minimum atomic E-state index is -1.73. The molecule has 0 aliphatic rings. The first-order valence-electron chi connectivity index (χ1n) is 10.5. The van der Waals surface area contributed by atoms with Crippen molar-refractivity contribution < 1.29 is 36.3 Å². The number of benzene rings is 3. The number of halogens is 5. The van der Waals surface area contributed by atoms with Gasteiger partial charge in [0.05, 0.1) is 10.9 Å². The summed E-state index contributed by atoms with van der Waals surface area (Å²) in [5.74, 6) is -8.94. The minimum Gasteiger partial charge on any atom is -0.507 e. The van der Waals surface area contributed by atoms with Gasteiger partial charge in [-0.3, -0.25) is 4.79 Å². The second kappa shape index (κ2) is 9.69. The van der Waals surface area contributed by atoms with Gasteiger partial charge in [-0.1, -0.05) is 12.1 Å². The van der Waals surface area contributed by atoms with Crippen molar-refractivity contribution in [2.24, 2.45) is 0 Å². The molecule has 0 radical (unpaired) electrons. The van der Waals surface area contributed by atoms with E-state index in [2.05, 4.69) is 0 Å². The molecule has 0 spiro atoms. The van der Waals surface area contributed by atoms with Gasteiger partial charge in [0.1, 0.15) is 28.8 Å². The molecule has 0 amide bonds. The number of aryl methyl sites for hydroxylation is 1. The lowest BCUT2D eigenvalue weighted by Crippen LogP contribution is -2.18. The third-order valence-corrected chi connectivity index (χ3v) is 5.62. The smallest absolute Gasteiger partial charge is 0.343 e. The summed E-state index contributed by atoms with van der Waals surface area (Å²) in [5, 5.41) is 10.9. The predicted octanol–water partition coefficient (Wildman–Crippen LogP) is 5.92. The number of Topliss-reactive ketones (excluding diaryl/α,β-unsaturated/α-hetero) is 1. The normalized spacial score (nSPS) is 12.1. The fourth-order valence-corrected chi connectivity index (χ4v) is 3.99. The molecule has 1 heterocycles. The van der Waals surface area contributed by atoms with Gasteiger partial charge in [0.25, 0.3) is 0 Å². The molecule has 4 nitrogen and oxygen atoms in total. The van der Waals surface area contributed by atoms with Gasteiger partial charge in [0.15, 0.2) is 17.5 Å². The standard InChI is InChI=1S/C26H17F5O4/c27-15-7-13(8-16(28)11-15)5-6-17(32)12-19(14-9-20(29)24(31)21(30)10-14)23-25(33)18-3-1-2-4-22(18)35-26(23)34/h1-4,7-11,19,33H,5-6,12H2. The molecule has 9 heteroatoms. The van der Waals surface area contributed by atoms with E-state index in [1.807, 2.05) is 0 Å². The summed E-state index contributed by atoms with van der Waals surface area (Å²) in [5.41, 5.74) is -1.49. The van der Waals surface area contributed by atoms with Gasteiger partial charge < -0.3 is 9.52 Å². The molecule has 180 valence electrons. The van der Waals surface area contributed by atoms with Gasteiger partial charge in [-0.05, 0) is 53.9 Å². The van der Waals surface area contributed by atoms with Crippen LogP contribution >= 0.6 is 0 Å². The van der Waals surface area contributed by atoms with Crippen molar-refractivity contribution in [1.29, 1.82) is 0 Å². The first kappa shape index (κ1) is 24.1. The fraction of sp³-hybridized carbons (Fsp3) is 0.154. The molecule has 0 saturated carbocycles. The second-order valence-electron chi connectivity index (χ2n) is 8.02. The highest BCUT2D eigenvalue weighted by molar-refractivity contribution is 5.85. The van der Waals surface area contributed by atoms with E-state index in [4.69, 9.17) is 4.42 Å². The minimum absolute atomic E-state index is 0.0495. The Morgan fingerprint density at radius 1 is 0.914 bits per heavy atom. The molecule has 1 N–H and O–H groups in total. The van der Waals surface area contributed by atoms with Crippen LogP contribution in [0.15, 0.2) is 63.8 Å². The van der Waals surface area contributed by atoms with Gasteiger partial charge in [-0.2, -0.15) is 0 Å². The van der Waals surface area contributed by atoms with Crippen molar-refractivity contribution in [2.45, 2.75) is 25.2 Å². The van der Waals surface area contributed by atoms with Crippen LogP contribution in [-0.2, 0) is 11.2 Å². The number of hydrogen-bond acceptors (Lipinski definition) is 4. The second-order valence-corrected chi connectivity index (χ2v) is 8.02. The SMILES string of the molecule is O=C(CCc1cc(F)cc(F)c1)CC(c1cc(F)c(F)c(F)c1)c1c(O)c2ccccc2oc1=O. The number of carbonyl (C=O) groups excluding carboxylic acids is 1. The van der Waals surface area contributed by atoms with E-state index in [1.165, 1.54) is 12.1 Å². The summed E-state index contributed by atoms with van der Waals surface area (Å²) < 4.78 is 73.7. The van der Waals surface area contributed by atoms with Crippen molar-refractivity contribution in [3.8, 4) is 5.75 Å². The molecular weight excluding hydrogens is 471 g/mol. The Balaban J connectivity index is 1.74. The van der Waals surface area contributed by atoms with Gasteiger partial charge >= 0.3 is 5.63 Å². The van der Waals surface area contributed by atoms with E-state index in [1.54, 1.807) is 12.1 Å². The van der Waals surface area contributed by atoms with Gasteiger partial charge in [-0.25, -0.2) is 26.7 Å². The Morgan fingerprint density at radius 3 is 2.20 bits per heavy atom. The van der Waals surface area contributed by atoms with E-state index in [0.717, 1.165) is 12.1 Å². The molecule has 3 aromatic carbocycles. The Morgan fingerprint density at radius 2 is 1.54 bits per heavy atom. The van der Waals surface area contributed by atoms with Crippen molar-refractivity contribution in [1.82, 2.24) is 0 Å². The number of hydrogen-bond donors (Lipinski definition) is 1. The van der Waals surface area contributed by atoms with Crippen LogP contribution in [0.3, 0.4) is 0 Å². The van der Waals surface area contributed by atoms with Crippen LogP contribution in [0.25, 0.3) is 11.0 Å². The quantitative estimate of drug-likeness (QED) is 0.199. The van der Waals surface area contributed by atoms with Gasteiger partial charge in [0.2, 0.25) is 0 Å². The average Bonchev–Trinajstić information content (AvgIpc) is 2.79. The molecule has 4 aromatic rings. The third-order valence-electron chi connectivity index (χ3n) is 5.62. The zero-order valence-electron chi connectivity index (χ0n) is 18.0. The van der Waals surface area contributed by atoms with Gasteiger partial charge in [0, 0.05) is 24.8 Å². The summed E-state index contributed by atoms with van der Waals surface area (Å²) in [6, 6.07) is 10.0. The number of rotatable bonds is 7. The lowest BCUT2D eigenvalue weighted by molar-refractivity contribution is -0.119.